The average Bonchev–Trinajstić information content (AvgIpc) is 2.88. The summed E-state index contributed by atoms with van der Waals surface area (Å²) in [4.78, 5) is 8.67. The van der Waals surface area contributed by atoms with Crippen LogP contribution in [0, 0.1) is 0 Å². The molecule has 2 nitrogen and oxygen atoms in total. The smallest absolute Gasteiger partial charge is 0.0705 e. The molecule has 120 valence electrons. The molecule has 0 N–H and O–H groups in total. The maximum atomic E-state index is 4.55. The predicted molar refractivity (Wildman–Crippen MR) is 103 cm³/mol. The molecule has 0 atom stereocenters. The molecule has 2 aromatic heterocycles. The third-order valence-corrected chi connectivity index (χ3v) is 5.41. The van der Waals surface area contributed by atoms with Gasteiger partial charge < -0.3 is 0 Å². The van der Waals surface area contributed by atoms with Gasteiger partial charge in [0.25, 0.3) is 0 Å². The van der Waals surface area contributed by atoms with Crippen LogP contribution in [0.3, 0.4) is 0 Å². The Bertz CT molecular complexity index is 1110. The molecule has 0 saturated carbocycles. The number of hydrogen-bond acceptors (Lipinski definition) is 2. The number of aromatic nitrogens is 2. The van der Waals surface area contributed by atoms with Crippen LogP contribution in [-0.2, 0) is 5.41 Å². The number of rotatable bonds is 1. The van der Waals surface area contributed by atoms with Crippen LogP contribution in [0.4, 0.5) is 0 Å². The fraction of sp³-hybridized carbons (Fsp3) is 0.130. The van der Waals surface area contributed by atoms with Gasteiger partial charge in [-0.05, 0) is 69.8 Å². The van der Waals surface area contributed by atoms with Crippen molar-refractivity contribution in [2.45, 2.75) is 19.3 Å². The Morgan fingerprint density at radius 1 is 0.720 bits per heavy atom. The Hall–Kier alpha value is -3.00. The number of hydrogen-bond donors (Lipinski definition) is 0. The second-order valence-corrected chi connectivity index (χ2v) is 7.22. The Morgan fingerprint density at radius 3 is 2.36 bits per heavy atom. The highest BCUT2D eigenvalue weighted by Crippen LogP contribution is 2.50. The van der Waals surface area contributed by atoms with E-state index in [1.54, 1.807) is 0 Å². The van der Waals surface area contributed by atoms with Crippen molar-refractivity contribution in [1.82, 2.24) is 9.97 Å². The Morgan fingerprint density at radius 2 is 1.52 bits per heavy atom. The zero-order valence-corrected chi connectivity index (χ0v) is 14.3. The van der Waals surface area contributed by atoms with Gasteiger partial charge in [0.2, 0.25) is 0 Å². The minimum atomic E-state index is -0.0284. The highest BCUT2D eigenvalue weighted by atomic mass is 14.6. The minimum absolute atomic E-state index is 0.0284. The van der Waals surface area contributed by atoms with Crippen LogP contribution < -0.4 is 0 Å². The first-order valence-electron chi connectivity index (χ1n) is 8.59. The van der Waals surface area contributed by atoms with E-state index in [-0.39, 0.29) is 5.41 Å². The standard InChI is InChI=1S/C23H18N2/c1-23(2)20-13-16(15-7-10-24-11-8-15)5-6-18(20)19-12-17-4-3-9-25-22(17)14-21(19)23/h3-14H,1-2H3. The normalized spacial score (nSPS) is 14.3. The molecule has 0 radical (unpaired) electrons. The lowest BCUT2D eigenvalue weighted by molar-refractivity contribution is 0.661. The van der Waals surface area contributed by atoms with Crippen LogP contribution in [-0.4, -0.2) is 9.97 Å². The summed E-state index contributed by atoms with van der Waals surface area (Å²) in [5, 5.41) is 1.20. The molecule has 0 amide bonds. The summed E-state index contributed by atoms with van der Waals surface area (Å²) in [5.74, 6) is 0. The molecule has 0 spiro atoms. The van der Waals surface area contributed by atoms with E-state index in [0.717, 1.165) is 5.52 Å². The van der Waals surface area contributed by atoms with Crippen LogP contribution in [0.2, 0.25) is 0 Å². The van der Waals surface area contributed by atoms with E-state index in [9.17, 15) is 0 Å². The first kappa shape index (κ1) is 14.4. The maximum absolute atomic E-state index is 4.55. The van der Waals surface area contributed by atoms with Crippen LogP contribution in [0.15, 0.2) is 73.2 Å². The number of benzene rings is 2. The zero-order valence-electron chi connectivity index (χ0n) is 14.3. The molecule has 1 aliphatic carbocycles. The SMILES string of the molecule is CC1(C)c2cc(-c3ccncc3)ccc2-c2cc3cccnc3cc21. The highest BCUT2D eigenvalue weighted by Gasteiger charge is 2.35. The molecule has 5 rings (SSSR count). The summed E-state index contributed by atoms with van der Waals surface area (Å²) in [6, 6.07) is 19.6. The van der Waals surface area contributed by atoms with E-state index < -0.39 is 0 Å². The van der Waals surface area contributed by atoms with Gasteiger partial charge in [-0.3, -0.25) is 9.97 Å². The van der Waals surface area contributed by atoms with Crippen molar-refractivity contribution < 1.29 is 0 Å². The van der Waals surface area contributed by atoms with Crippen molar-refractivity contribution in [2.75, 3.05) is 0 Å². The number of nitrogens with zero attached hydrogens (tertiary/aromatic N) is 2. The summed E-state index contributed by atoms with van der Waals surface area (Å²) >= 11 is 0. The van der Waals surface area contributed by atoms with E-state index >= 15 is 0 Å². The van der Waals surface area contributed by atoms with Gasteiger partial charge in [-0.15, -0.1) is 0 Å². The van der Waals surface area contributed by atoms with E-state index in [1.165, 1.54) is 38.8 Å². The van der Waals surface area contributed by atoms with Gasteiger partial charge in [0.15, 0.2) is 0 Å². The van der Waals surface area contributed by atoms with Crippen molar-refractivity contribution in [3.8, 4) is 22.3 Å². The van der Waals surface area contributed by atoms with E-state index in [0.29, 0.717) is 0 Å². The Balaban J connectivity index is 1.76. The summed E-state index contributed by atoms with van der Waals surface area (Å²) in [7, 11) is 0. The fourth-order valence-electron chi connectivity index (χ4n) is 4.03. The molecular formula is C23H18N2. The van der Waals surface area contributed by atoms with Gasteiger partial charge in [-0.1, -0.05) is 32.0 Å². The molecule has 0 fully saturated rings. The summed E-state index contributed by atoms with van der Waals surface area (Å²) in [6.45, 7) is 4.62. The molecule has 0 saturated heterocycles. The highest BCUT2D eigenvalue weighted by molar-refractivity contribution is 5.92. The Labute approximate surface area is 147 Å². The van der Waals surface area contributed by atoms with E-state index in [1.807, 2.05) is 24.7 Å². The first-order chi connectivity index (χ1) is 12.1. The molecule has 1 aliphatic rings. The largest absolute Gasteiger partial charge is 0.265 e. The van der Waals surface area contributed by atoms with Crippen LogP contribution in [0.1, 0.15) is 25.0 Å². The molecule has 2 heteroatoms. The molecular weight excluding hydrogens is 304 g/mol. The Kier molecular flexibility index (Phi) is 2.87. The van der Waals surface area contributed by atoms with Gasteiger partial charge >= 0.3 is 0 Å². The fourth-order valence-corrected chi connectivity index (χ4v) is 4.03. The van der Waals surface area contributed by atoms with Crippen molar-refractivity contribution in [3.63, 3.8) is 0 Å². The van der Waals surface area contributed by atoms with Gasteiger partial charge in [0, 0.05) is 29.4 Å². The summed E-state index contributed by atoms with van der Waals surface area (Å²) in [6.07, 6.45) is 5.56. The minimum Gasteiger partial charge on any atom is -0.265 e. The van der Waals surface area contributed by atoms with Crippen LogP contribution >= 0.6 is 0 Å². The second kappa shape index (κ2) is 5.00. The predicted octanol–water partition coefficient (Wildman–Crippen LogP) is 5.60. The van der Waals surface area contributed by atoms with Crippen molar-refractivity contribution in [1.29, 1.82) is 0 Å². The third kappa shape index (κ3) is 2.04. The molecule has 0 unspecified atom stereocenters. The lowest BCUT2D eigenvalue weighted by Gasteiger charge is -2.22. The molecule has 2 aromatic carbocycles. The summed E-state index contributed by atoms with van der Waals surface area (Å²) in [5.41, 5.74) is 8.90. The van der Waals surface area contributed by atoms with E-state index in [4.69, 9.17) is 0 Å². The first-order valence-corrected chi connectivity index (χ1v) is 8.59. The second-order valence-electron chi connectivity index (χ2n) is 7.22. The van der Waals surface area contributed by atoms with Crippen LogP contribution in [0.25, 0.3) is 33.2 Å². The quantitative estimate of drug-likeness (QED) is 0.455. The van der Waals surface area contributed by atoms with E-state index in [2.05, 4.69) is 72.3 Å². The third-order valence-electron chi connectivity index (χ3n) is 5.41. The van der Waals surface area contributed by atoms with Gasteiger partial charge in [0.05, 0.1) is 5.52 Å². The molecule has 25 heavy (non-hydrogen) atoms. The van der Waals surface area contributed by atoms with Crippen LogP contribution in [0.5, 0.6) is 0 Å². The lowest BCUT2D eigenvalue weighted by atomic mass is 9.81. The maximum Gasteiger partial charge on any atom is 0.0705 e. The monoisotopic (exact) mass is 322 g/mol. The van der Waals surface area contributed by atoms with Gasteiger partial charge in [-0.25, -0.2) is 0 Å². The zero-order chi connectivity index (χ0) is 17.0. The molecule has 2 heterocycles. The van der Waals surface area contributed by atoms with Crippen molar-refractivity contribution in [3.05, 3.63) is 84.3 Å². The lowest BCUT2D eigenvalue weighted by Crippen LogP contribution is -2.15. The van der Waals surface area contributed by atoms with Gasteiger partial charge in [-0.2, -0.15) is 0 Å². The number of pyridine rings is 2. The average molecular weight is 322 g/mol. The van der Waals surface area contributed by atoms with Gasteiger partial charge in [0.1, 0.15) is 0 Å². The molecule has 4 aromatic rings. The van der Waals surface area contributed by atoms with Crippen molar-refractivity contribution in [2.24, 2.45) is 0 Å². The molecule has 0 aliphatic heterocycles. The topological polar surface area (TPSA) is 25.8 Å². The van der Waals surface area contributed by atoms with Crippen molar-refractivity contribution >= 4 is 10.9 Å². The molecule has 0 bridgehead atoms. The number of fused-ring (bicyclic) bond motifs is 4. The summed E-state index contributed by atoms with van der Waals surface area (Å²) < 4.78 is 0.